The molecule has 2 aliphatic rings. The normalized spacial score (nSPS) is 29.0. The van der Waals surface area contributed by atoms with Crippen molar-refractivity contribution in [1.82, 2.24) is 0 Å². The Kier molecular flexibility index (Phi) is 4.12. The van der Waals surface area contributed by atoms with E-state index >= 15 is 0 Å². The number of benzene rings is 1. The summed E-state index contributed by atoms with van der Waals surface area (Å²) in [6, 6.07) is 5.64. The lowest BCUT2D eigenvalue weighted by Gasteiger charge is -2.48. The first-order valence-electron chi connectivity index (χ1n) is 7.56. The first kappa shape index (κ1) is 15.1. The van der Waals surface area contributed by atoms with E-state index in [0.717, 1.165) is 50.0 Å². The molecule has 3 N–H and O–H groups in total. The summed E-state index contributed by atoms with van der Waals surface area (Å²) in [7, 11) is 0. The van der Waals surface area contributed by atoms with Crippen LogP contribution in [0.25, 0.3) is 0 Å². The SMILES string of the molecule is NC(=S)c1ccc(Cl)cc1N1CCC2(O)CCCCC2C1. The van der Waals surface area contributed by atoms with Crippen LogP contribution in [0.5, 0.6) is 0 Å². The third-order valence-corrected chi connectivity index (χ3v) is 5.45. The second kappa shape index (κ2) is 5.75. The van der Waals surface area contributed by atoms with Gasteiger partial charge in [0.2, 0.25) is 0 Å². The highest BCUT2D eigenvalue weighted by Gasteiger charge is 2.43. The number of hydrogen-bond acceptors (Lipinski definition) is 3. The molecular weight excluding hydrogens is 304 g/mol. The number of fused-ring (bicyclic) bond motifs is 1. The third kappa shape index (κ3) is 2.89. The predicted octanol–water partition coefficient (Wildman–Crippen LogP) is 3.11. The lowest BCUT2D eigenvalue weighted by molar-refractivity contribution is -0.0612. The standard InChI is InChI=1S/C16H21ClN2OS/c17-12-4-5-13(15(18)21)14(9-12)19-8-7-16(20)6-2-1-3-11(16)10-19/h4-5,9,11,20H,1-3,6-8,10H2,(H2,18,21). The Morgan fingerprint density at radius 2 is 2.19 bits per heavy atom. The van der Waals surface area contributed by atoms with Crippen LogP contribution in [0, 0.1) is 5.92 Å². The largest absolute Gasteiger partial charge is 0.389 e. The lowest BCUT2D eigenvalue weighted by Crippen LogP contribution is -2.53. The van der Waals surface area contributed by atoms with E-state index in [2.05, 4.69) is 4.90 Å². The van der Waals surface area contributed by atoms with E-state index in [4.69, 9.17) is 29.6 Å². The van der Waals surface area contributed by atoms with E-state index in [9.17, 15) is 5.11 Å². The maximum Gasteiger partial charge on any atom is 0.106 e. The highest BCUT2D eigenvalue weighted by Crippen LogP contribution is 2.41. The smallest absolute Gasteiger partial charge is 0.106 e. The van der Waals surface area contributed by atoms with Crippen LogP contribution in [-0.2, 0) is 0 Å². The molecule has 114 valence electrons. The minimum atomic E-state index is -0.475. The molecule has 1 aromatic rings. The van der Waals surface area contributed by atoms with Crippen LogP contribution in [-0.4, -0.2) is 28.8 Å². The molecule has 1 aliphatic carbocycles. The molecule has 0 aromatic heterocycles. The number of nitrogens with two attached hydrogens (primary N) is 1. The van der Waals surface area contributed by atoms with Crippen LogP contribution in [0.2, 0.25) is 5.02 Å². The topological polar surface area (TPSA) is 49.5 Å². The molecule has 0 radical (unpaired) electrons. The van der Waals surface area contributed by atoms with Crippen LogP contribution in [0.4, 0.5) is 5.69 Å². The average molecular weight is 325 g/mol. The van der Waals surface area contributed by atoms with Gasteiger partial charge in [-0.05, 0) is 37.5 Å². The predicted molar refractivity (Wildman–Crippen MR) is 91.1 cm³/mol. The van der Waals surface area contributed by atoms with Gasteiger partial charge in [0.05, 0.1) is 5.60 Å². The molecule has 0 bridgehead atoms. The van der Waals surface area contributed by atoms with Gasteiger partial charge >= 0.3 is 0 Å². The van der Waals surface area contributed by atoms with Gasteiger partial charge in [0, 0.05) is 35.3 Å². The van der Waals surface area contributed by atoms with Crippen LogP contribution in [0.1, 0.15) is 37.7 Å². The quantitative estimate of drug-likeness (QED) is 0.821. The van der Waals surface area contributed by atoms with E-state index in [1.54, 1.807) is 0 Å². The molecule has 1 saturated heterocycles. The van der Waals surface area contributed by atoms with E-state index in [1.165, 1.54) is 6.42 Å². The Balaban J connectivity index is 1.88. The van der Waals surface area contributed by atoms with Gasteiger partial charge in [0.1, 0.15) is 4.99 Å². The molecule has 0 amide bonds. The molecule has 2 unspecified atom stereocenters. The zero-order chi connectivity index (χ0) is 15.0. The number of nitrogens with zero attached hydrogens (tertiary/aromatic N) is 1. The monoisotopic (exact) mass is 324 g/mol. The number of rotatable bonds is 2. The van der Waals surface area contributed by atoms with Gasteiger partial charge in [-0.3, -0.25) is 0 Å². The molecule has 3 rings (SSSR count). The number of anilines is 1. The van der Waals surface area contributed by atoms with Gasteiger partial charge in [0.15, 0.2) is 0 Å². The molecule has 2 atom stereocenters. The van der Waals surface area contributed by atoms with Gasteiger partial charge < -0.3 is 15.7 Å². The van der Waals surface area contributed by atoms with Crippen molar-refractivity contribution in [2.45, 2.75) is 37.7 Å². The van der Waals surface area contributed by atoms with Crippen molar-refractivity contribution in [1.29, 1.82) is 0 Å². The average Bonchev–Trinajstić information content (AvgIpc) is 2.45. The van der Waals surface area contributed by atoms with Crippen LogP contribution >= 0.6 is 23.8 Å². The Morgan fingerprint density at radius 3 is 2.95 bits per heavy atom. The molecule has 5 heteroatoms. The summed E-state index contributed by atoms with van der Waals surface area (Å²) in [5, 5.41) is 11.5. The van der Waals surface area contributed by atoms with E-state index in [-0.39, 0.29) is 0 Å². The number of hydrogen-bond donors (Lipinski definition) is 2. The molecule has 1 aliphatic heterocycles. The highest BCUT2D eigenvalue weighted by molar-refractivity contribution is 7.80. The maximum absolute atomic E-state index is 10.8. The lowest BCUT2D eigenvalue weighted by atomic mass is 9.71. The van der Waals surface area contributed by atoms with E-state index in [1.807, 2.05) is 18.2 Å². The molecule has 3 nitrogen and oxygen atoms in total. The van der Waals surface area contributed by atoms with E-state index < -0.39 is 5.60 Å². The summed E-state index contributed by atoms with van der Waals surface area (Å²) in [6.45, 7) is 1.68. The number of piperidine rings is 1. The Bertz CT molecular complexity index is 565. The maximum atomic E-state index is 10.8. The van der Waals surface area contributed by atoms with Crippen molar-refractivity contribution >= 4 is 34.5 Å². The van der Waals surface area contributed by atoms with Crippen molar-refractivity contribution in [3.63, 3.8) is 0 Å². The Labute approximate surface area is 136 Å². The summed E-state index contributed by atoms with van der Waals surface area (Å²) in [6.07, 6.45) is 5.18. The van der Waals surface area contributed by atoms with Crippen molar-refractivity contribution in [3.05, 3.63) is 28.8 Å². The van der Waals surface area contributed by atoms with E-state index in [0.29, 0.717) is 15.9 Å². The van der Waals surface area contributed by atoms with Crippen LogP contribution < -0.4 is 10.6 Å². The first-order chi connectivity index (χ1) is 9.99. The fourth-order valence-electron chi connectivity index (χ4n) is 3.76. The molecule has 2 fully saturated rings. The van der Waals surface area contributed by atoms with Crippen LogP contribution in [0.3, 0.4) is 0 Å². The molecule has 1 heterocycles. The van der Waals surface area contributed by atoms with Gasteiger partial charge in [-0.2, -0.15) is 0 Å². The zero-order valence-electron chi connectivity index (χ0n) is 12.0. The second-order valence-corrected chi connectivity index (χ2v) is 7.14. The summed E-state index contributed by atoms with van der Waals surface area (Å²) in [5.74, 6) is 0.332. The molecular formula is C16H21ClN2OS. The molecule has 0 spiro atoms. The molecule has 1 aromatic carbocycles. The summed E-state index contributed by atoms with van der Waals surface area (Å²) < 4.78 is 0. The number of aliphatic hydroxyl groups is 1. The fraction of sp³-hybridized carbons (Fsp3) is 0.562. The Morgan fingerprint density at radius 1 is 1.38 bits per heavy atom. The van der Waals surface area contributed by atoms with Crippen molar-refractivity contribution in [3.8, 4) is 0 Å². The van der Waals surface area contributed by atoms with Crippen molar-refractivity contribution < 1.29 is 5.11 Å². The summed E-state index contributed by atoms with van der Waals surface area (Å²) in [4.78, 5) is 2.68. The van der Waals surface area contributed by atoms with Crippen LogP contribution in [0.15, 0.2) is 18.2 Å². The van der Waals surface area contributed by atoms with Gasteiger partial charge in [-0.15, -0.1) is 0 Å². The summed E-state index contributed by atoms with van der Waals surface area (Å²) >= 11 is 11.3. The summed E-state index contributed by atoms with van der Waals surface area (Å²) in [5.41, 5.74) is 7.24. The highest BCUT2D eigenvalue weighted by atomic mass is 35.5. The van der Waals surface area contributed by atoms with Gasteiger partial charge in [-0.1, -0.05) is 36.7 Å². The molecule has 1 saturated carbocycles. The Hall–Kier alpha value is -0.840. The van der Waals surface area contributed by atoms with Crippen molar-refractivity contribution in [2.75, 3.05) is 18.0 Å². The second-order valence-electron chi connectivity index (χ2n) is 6.27. The fourth-order valence-corrected chi connectivity index (χ4v) is 4.10. The van der Waals surface area contributed by atoms with Crippen molar-refractivity contribution in [2.24, 2.45) is 11.7 Å². The molecule has 21 heavy (non-hydrogen) atoms. The minimum absolute atomic E-state index is 0.332. The third-order valence-electron chi connectivity index (χ3n) is 4.99. The first-order valence-corrected chi connectivity index (χ1v) is 8.35. The number of thiocarbonyl (C=S) groups is 1. The number of halogens is 1. The zero-order valence-corrected chi connectivity index (χ0v) is 13.6. The minimum Gasteiger partial charge on any atom is -0.389 e. The van der Waals surface area contributed by atoms with Gasteiger partial charge in [-0.25, -0.2) is 0 Å². The van der Waals surface area contributed by atoms with Gasteiger partial charge in [0.25, 0.3) is 0 Å².